The van der Waals surface area contributed by atoms with E-state index in [9.17, 15) is 9.90 Å². The number of rotatable bonds is 6. The van der Waals surface area contributed by atoms with Crippen LogP contribution >= 0.6 is 11.6 Å². The standard InChI is InChI=1S/C18H21ClN4O2/c19-17-10-20-9-16(22-17)18(25)21-7-5-15(24)12-23-8-6-13-3-1-2-4-14(13)11-23/h1-4,9-10,15,24H,5-8,11-12H2,(H,21,25). The Morgan fingerprint density at radius 1 is 1.32 bits per heavy atom. The lowest BCUT2D eigenvalue weighted by atomic mass is 9.99. The molecule has 1 aromatic carbocycles. The van der Waals surface area contributed by atoms with E-state index in [1.165, 1.54) is 23.5 Å². The van der Waals surface area contributed by atoms with Crippen molar-refractivity contribution in [1.29, 1.82) is 0 Å². The molecule has 0 radical (unpaired) electrons. The number of benzene rings is 1. The first-order valence-corrected chi connectivity index (χ1v) is 8.72. The van der Waals surface area contributed by atoms with Gasteiger partial charge in [-0.1, -0.05) is 35.9 Å². The van der Waals surface area contributed by atoms with Crippen LogP contribution in [0.15, 0.2) is 36.7 Å². The van der Waals surface area contributed by atoms with E-state index in [-0.39, 0.29) is 16.8 Å². The van der Waals surface area contributed by atoms with E-state index >= 15 is 0 Å². The van der Waals surface area contributed by atoms with Crippen LogP contribution in [0.1, 0.15) is 28.0 Å². The van der Waals surface area contributed by atoms with Crippen LogP contribution in [-0.4, -0.2) is 51.6 Å². The molecule has 0 saturated carbocycles. The van der Waals surface area contributed by atoms with Crippen LogP contribution in [0.4, 0.5) is 0 Å². The SMILES string of the molecule is O=C(NCCC(O)CN1CCc2ccccc2C1)c1cncc(Cl)n1. The lowest BCUT2D eigenvalue weighted by molar-refractivity contribution is 0.0888. The quantitative estimate of drug-likeness (QED) is 0.819. The highest BCUT2D eigenvalue weighted by molar-refractivity contribution is 6.29. The van der Waals surface area contributed by atoms with E-state index in [1.807, 2.05) is 6.07 Å². The molecule has 0 aliphatic carbocycles. The summed E-state index contributed by atoms with van der Waals surface area (Å²) in [7, 11) is 0. The van der Waals surface area contributed by atoms with Crippen molar-refractivity contribution in [1.82, 2.24) is 20.2 Å². The number of hydrogen-bond donors (Lipinski definition) is 2. The van der Waals surface area contributed by atoms with E-state index < -0.39 is 6.10 Å². The van der Waals surface area contributed by atoms with Crippen LogP contribution in [0.25, 0.3) is 0 Å². The van der Waals surface area contributed by atoms with E-state index in [0.29, 0.717) is 19.5 Å². The number of carbonyl (C=O) groups is 1. The number of aromatic nitrogens is 2. The van der Waals surface area contributed by atoms with Gasteiger partial charge in [0.05, 0.1) is 18.5 Å². The van der Waals surface area contributed by atoms with Crippen LogP contribution in [-0.2, 0) is 13.0 Å². The molecule has 0 saturated heterocycles. The second kappa shape index (κ2) is 8.38. The zero-order chi connectivity index (χ0) is 17.6. The van der Waals surface area contributed by atoms with Crippen molar-refractivity contribution in [2.75, 3.05) is 19.6 Å². The highest BCUT2D eigenvalue weighted by atomic mass is 35.5. The number of fused-ring (bicyclic) bond motifs is 1. The summed E-state index contributed by atoms with van der Waals surface area (Å²) < 4.78 is 0. The van der Waals surface area contributed by atoms with Crippen LogP contribution in [0.3, 0.4) is 0 Å². The molecule has 0 spiro atoms. The van der Waals surface area contributed by atoms with Gasteiger partial charge in [-0.15, -0.1) is 0 Å². The Labute approximate surface area is 151 Å². The molecular formula is C18H21ClN4O2. The fourth-order valence-corrected chi connectivity index (χ4v) is 3.14. The van der Waals surface area contributed by atoms with Gasteiger partial charge in [-0.2, -0.15) is 0 Å². The van der Waals surface area contributed by atoms with E-state index in [1.54, 1.807) is 0 Å². The average molecular weight is 361 g/mol. The maximum atomic E-state index is 11.9. The topological polar surface area (TPSA) is 78.4 Å². The third kappa shape index (κ3) is 4.98. The number of β-amino-alcohol motifs (C(OH)–C–C–N with tert-alkyl or cyclic N) is 1. The second-order valence-corrected chi connectivity index (χ2v) is 6.57. The summed E-state index contributed by atoms with van der Waals surface area (Å²) in [6.45, 7) is 2.77. The molecule has 1 aliphatic rings. The predicted octanol–water partition coefficient (Wildman–Crippen LogP) is 1.67. The Morgan fingerprint density at radius 2 is 2.12 bits per heavy atom. The van der Waals surface area contributed by atoms with E-state index in [0.717, 1.165) is 19.5 Å². The molecule has 7 heteroatoms. The van der Waals surface area contributed by atoms with Crippen molar-refractivity contribution >= 4 is 17.5 Å². The van der Waals surface area contributed by atoms with Gasteiger partial charge in [0.15, 0.2) is 0 Å². The molecule has 0 fully saturated rings. The van der Waals surface area contributed by atoms with Gasteiger partial charge in [-0.3, -0.25) is 14.7 Å². The van der Waals surface area contributed by atoms with Gasteiger partial charge in [-0.25, -0.2) is 4.98 Å². The van der Waals surface area contributed by atoms with Crippen molar-refractivity contribution in [3.8, 4) is 0 Å². The average Bonchev–Trinajstić information content (AvgIpc) is 2.61. The molecule has 2 aromatic rings. The fraction of sp³-hybridized carbons (Fsp3) is 0.389. The van der Waals surface area contributed by atoms with E-state index in [4.69, 9.17) is 11.6 Å². The van der Waals surface area contributed by atoms with Crippen LogP contribution in [0, 0.1) is 0 Å². The monoisotopic (exact) mass is 360 g/mol. The summed E-state index contributed by atoms with van der Waals surface area (Å²) in [5.74, 6) is -0.339. The lowest BCUT2D eigenvalue weighted by Crippen LogP contribution is -2.38. The normalized spacial score (nSPS) is 15.4. The van der Waals surface area contributed by atoms with Crippen molar-refractivity contribution in [3.05, 3.63) is 58.6 Å². The molecule has 3 rings (SSSR count). The number of nitrogens with one attached hydrogen (secondary N) is 1. The maximum absolute atomic E-state index is 11.9. The maximum Gasteiger partial charge on any atom is 0.271 e. The highest BCUT2D eigenvalue weighted by Crippen LogP contribution is 2.18. The predicted molar refractivity (Wildman–Crippen MR) is 95.4 cm³/mol. The minimum absolute atomic E-state index is 0.176. The highest BCUT2D eigenvalue weighted by Gasteiger charge is 2.18. The minimum atomic E-state index is -0.490. The number of aliphatic hydroxyl groups excluding tert-OH is 1. The smallest absolute Gasteiger partial charge is 0.271 e. The van der Waals surface area contributed by atoms with Crippen LogP contribution in [0.5, 0.6) is 0 Å². The van der Waals surface area contributed by atoms with Gasteiger partial charge in [0.25, 0.3) is 5.91 Å². The van der Waals surface area contributed by atoms with Crippen LogP contribution in [0.2, 0.25) is 5.15 Å². The third-order valence-electron chi connectivity index (χ3n) is 4.28. The number of aliphatic hydroxyl groups is 1. The molecule has 6 nitrogen and oxygen atoms in total. The second-order valence-electron chi connectivity index (χ2n) is 6.18. The van der Waals surface area contributed by atoms with Gasteiger partial charge in [0.2, 0.25) is 0 Å². The number of hydrogen-bond acceptors (Lipinski definition) is 5. The van der Waals surface area contributed by atoms with Crippen molar-refractivity contribution < 1.29 is 9.90 Å². The number of halogens is 1. The molecule has 1 unspecified atom stereocenters. The molecular weight excluding hydrogens is 340 g/mol. The molecule has 1 amide bonds. The van der Waals surface area contributed by atoms with E-state index in [2.05, 4.69) is 38.4 Å². The first-order chi connectivity index (χ1) is 12.1. The summed E-state index contributed by atoms with van der Waals surface area (Å²) in [5.41, 5.74) is 2.89. The van der Waals surface area contributed by atoms with Crippen molar-refractivity contribution in [2.24, 2.45) is 0 Å². The Kier molecular flexibility index (Phi) is 5.96. The summed E-state index contributed by atoms with van der Waals surface area (Å²) in [5, 5.41) is 13.1. The third-order valence-corrected chi connectivity index (χ3v) is 4.46. The van der Waals surface area contributed by atoms with Crippen molar-refractivity contribution in [2.45, 2.75) is 25.5 Å². The van der Waals surface area contributed by atoms with Gasteiger partial charge >= 0.3 is 0 Å². The Morgan fingerprint density at radius 3 is 2.92 bits per heavy atom. The fourth-order valence-electron chi connectivity index (χ4n) is 2.99. The number of amides is 1. The number of carbonyl (C=O) groups excluding carboxylic acids is 1. The first kappa shape index (κ1) is 17.8. The Bertz CT molecular complexity index is 741. The first-order valence-electron chi connectivity index (χ1n) is 8.35. The zero-order valence-electron chi connectivity index (χ0n) is 13.9. The molecule has 2 N–H and O–H groups in total. The minimum Gasteiger partial charge on any atom is -0.392 e. The van der Waals surface area contributed by atoms with Gasteiger partial charge in [-0.05, 0) is 24.0 Å². The summed E-state index contributed by atoms with van der Waals surface area (Å²) in [6.07, 6.45) is 3.74. The van der Waals surface area contributed by atoms with Gasteiger partial charge in [0, 0.05) is 26.2 Å². The molecule has 25 heavy (non-hydrogen) atoms. The lowest BCUT2D eigenvalue weighted by Gasteiger charge is -2.30. The largest absolute Gasteiger partial charge is 0.392 e. The van der Waals surface area contributed by atoms with Gasteiger partial charge in [0.1, 0.15) is 10.8 Å². The summed E-state index contributed by atoms with van der Waals surface area (Å²) >= 11 is 5.72. The van der Waals surface area contributed by atoms with Gasteiger partial charge < -0.3 is 10.4 Å². The van der Waals surface area contributed by atoms with Crippen LogP contribution < -0.4 is 5.32 Å². The molecule has 2 heterocycles. The molecule has 1 atom stereocenters. The molecule has 132 valence electrons. The Hall–Kier alpha value is -2.02. The zero-order valence-corrected chi connectivity index (χ0v) is 14.6. The molecule has 1 aromatic heterocycles. The number of nitrogens with zero attached hydrogens (tertiary/aromatic N) is 3. The summed E-state index contributed by atoms with van der Waals surface area (Å²) in [4.78, 5) is 21.9. The Balaban J connectivity index is 1.41. The molecule has 0 bridgehead atoms. The summed E-state index contributed by atoms with van der Waals surface area (Å²) in [6, 6.07) is 8.42. The molecule has 1 aliphatic heterocycles. The van der Waals surface area contributed by atoms with Crippen molar-refractivity contribution in [3.63, 3.8) is 0 Å².